The summed E-state index contributed by atoms with van der Waals surface area (Å²) in [6.07, 6.45) is 0. The number of benzene rings is 2. The van der Waals surface area contributed by atoms with Crippen molar-refractivity contribution in [1.82, 2.24) is 9.97 Å². The SMILES string of the molecule is Cc1csc(SCc2ccccc2C(=O)OCc2nc3ccccc3s2)n1. The molecule has 4 nitrogen and oxygen atoms in total. The molecule has 136 valence electrons. The summed E-state index contributed by atoms with van der Waals surface area (Å²) >= 11 is 4.80. The maximum absolute atomic E-state index is 12.6. The highest BCUT2D eigenvalue weighted by Crippen LogP contribution is 2.28. The number of carbonyl (C=O) groups excluding carboxylic acids is 1. The van der Waals surface area contributed by atoms with Crippen LogP contribution in [-0.2, 0) is 17.1 Å². The minimum Gasteiger partial charge on any atom is -0.455 e. The van der Waals surface area contributed by atoms with E-state index in [1.54, 1.807) is 34.4 Å². The Morgan fingerprint density at radius 3 is 2.74 bits per heavy atom. The number of thioether (sulfide) groups is 1. The largest absolute Gasteiger partial charge is 0.455 e. The van der Waals surface area contributed by atoms with Gasteiger partial charge < -0.3 is 4.74 Å². The Hall–Kier alpha value is -2.22. The van der Waals surface area contributed by atoms with Crippen LogP contribution in [0.25, 0.3) is 10.2 Å². The second-order valence-corrected chi connectivity index (χ2v) is 9.05. The highest BCUT2D eigenvalue weighted by molar-refractivity contribution is 8.00. The monoisotopic (exact) mass is 412 g/mol. The van der Waals surface area contributed by atoms with Gasteiger partial charge in [0.25, 0.3) is 0 Å². The molecule has 0 spiro atoms. The predicted molar refractivity (Wildman–Crippen MR) is 112 cm³/mol. The minimum atomic E-state index is -0.319. The Morgan fingerprint density at radius 2 is 1.93 bits per heavy atom. The first kappa shape index (κ1) is 18.2. The van der Waals surface area contributed by atoms with Crippen LogP contribution in [0.4, 0.5) is 0 Å². The van der Waals surface area contributed by atoms with Gasteiger partial charge in [-0.3, -0.25) is 0 Å². The maximum atomic E-state index is 12.6. The quantitative estimate of drug-likeness (QED) is 0.300. The Labute approximate surface area is 169 Å². The number of fused-ring (bicyclic) bond motifs is 1. The van der Waals surface area contributed by atoms with E-state index < -0.39 is 0 Å². The van der Waals surface area contributed by atoms with E-state index in [4.69, 9.17) is 4.74 Å². The van der Waals surface area contributed by atoms with E-state index in [-0.39, 0.29) is 12.6 Å². The minimum absolute atomic E-state index is 0.186. The summed E-state index contributed by atoms with van der Waals surface area (Å²) in [7, 11) is 0. The number of aromatic nitrogens is 2. The van der Waals surface area contributed by atoms with Gasteiger partial charge in [0.1, 0.15) is 16.0 Å². The molecule has 2 aromatic carbocycles. The van der Waals surface area contributed by atoms with Gasteiger partial charge in [0, 0.05) is 16.8 Å². The zero-order valence-electron chi connectivity index (χ0n) is 14.5. The lowest BCUT2D eigenvalue weighted by atomic mass is 10.1. The van der Waals surface area contributed by atoms with Crippen molar-refractivity contribution in [3.63, 3.8) is 0 Å². The molecule has 7 heteroatoms. The lowest BCUT2D eigenvalue weighted by Gasteiger charge is -2.08. The number of aryl methyl sites for hydroxylation is 1. The van der Waals surface area contributed by atoms with Crippen molar-refractivity contribution in [2.45, 2.75) is 23.6 Å². The number of nitrogens with zero attached hydrogens (tertiary/aromatic N) is 2. The molecule has 0 aliphatic heterocycles. The Morgan fingerprint density at radius 1 is 1.11 bits per heavy atom. The molecule has 0 radical (unpaired) electrons. The molecule has 0 aliphatic rings. The van der Waals surface area contributed by atoms with Crippen LogP contribution < -0.4 is 0 Å². The molecular formula is C20H16N2O2S3. The van der Waals surface area contributed by atoms with E-state index in [1.807, 2.05) is 60.8 Å². The summed E-state index contributed by atoms with van der Waals surface area (Å²) in [4.78, 5) is 21.6. The molecule has 0 saturated heterocycles. The lowest BCUT2D eigenvalue weighted by Crippen LogP contribution is -2.08. The average molecular weight is 413 g/mol. The van der Waals surface area contributed by atoms with Gasteiger partial charge in [-0.1, -0.05) is 42.1 Å². The number of esters is 1. The molecule has 0 atom stereocenters. The van der Waals surface area contributed by atoms with Gasteiger partial charge in [-0.2, -0.15) is 0 Å². The predicted octanol–water partition coefficient (Wildman–Crippen LogP) is 5.71. The first-order valence-electron chi connectivity index (χ1n) is 8.33. The number of ether oxygens (including phenoxy) is 1. The second-order valence-electron chi connectivity index (χ2n) is 5.85. The van der Waals surface area contributed by atoms with Gasteiger partial charge in [0.2, 0.25) is 0 Å². The van der Waals surface area contributed by atoms with Crippen LogP contribution in [0.3, 0.4) is 0 Å². The van der Waals surface area contributed by atoms with E-state index in [0.717, 1.165) is 30.8 Å². The highest BCUT2D eigenvalue weighted by atomic mass is 32.2. The normalized spacial score (nSPS) is 11.0. The molecule has 0 aliphatic carbocycles. The van der Waals surface area contributed by atoms with Crippen molar-refractivity contribution in [2.24, 2.45) is 0 Å². The molecule has 0 saturated carbocycles. The van der Waals surface area contributed by atoms with Crippen molar-refractivity contribution in [2.75, 3.05) is 0 Å². The average Bonchev–Trinajstić information content (AvgIpc) is 3.30. The fourth-order valence-corrected chi connectivity index (χ4v) is 5.30. The van der Waals surface area contributed by atoms with E-state index in [1.165, 1.54) is 0 Å². The molecule has 2 aromatic heterocycles. The fraction of sp³-hybridized carbons (Fsp3) is 0.150. The molecule has 4 rings (SSSR count). The lowest BCUT2D eigenvalue weighted by molar-refractivity contribution is 0.0471. The van der Waals surface area contributed by atoms with E-state index in [0.29, 0.717) is 11.3 Å². The Balaban J connectivity index is 1.43. The number of hydrogen-bond donors (Lipinski definition) is 0. The number of rotatable bonds is 6. The van der Waals surface area contributed by atoms with Crippen LogP contribution in [0.1, 0.15) is 26.6 Å². The van der Waals surface area contributed by atoms with Crippen molar-refractivity contribution in [3.05, 3.63) is 75.7 Å². The van der Waals surface area contributed by atoms with Gasteiger partial charge >= 0.3 is 5.97 Å². The van der Waals surface area contributed by atoms with Gasteiger partial charge in [-0.15, -0.1) is 22.7 Å². The van der Waals surface area contributed by atoms with Crippen molar-refractivity contribution < 1.29 is 9.53 Å². The molecule has 0 bridgehead atoms. The van der Waals surface area contributed by atoms with Crippen molar-refractivity contribution >= 4 is 50.6 Å². The van der Waals surface area contributed by atoms with Crippen LogP contribution in [0.2, 0.25) is 0 Å². The molecule has 4 aromatic rings. The number of para-hydroxylation sites is 1. The first-order chi connectivity index (χ1) is 13.2. The van der Waals surface area contributed by atoms with Crippen LogP contribution in [-0.4, -0.2) is 15.9 Å². The Bertz CT molecular complexity index is 1050. The first-order valence-corrected chi connectivity index (χ1v) is 11.0. The van der Waals surface area contributed by atoms with E-state index in [2.05, 4.69) is 9.97 Å². The number of hydrogen-bond acceptors (Lipinski definition) is 7. The summed E-state index contributed by atoms with van der Waals surface area (Å²) in [5, 5.41) is 2.83. The Kier molecular flexibility index (Phi) is 5.52. The van der Waals surface area contributed by atoms with E-state index in [9.17, 15) is 4.79 Å². The van der Waals surface area contributed by atoms with Crippen molar-refractivity contribution in [1.29, 1.82) is 0 Å². The summed E-state index contributed by atoms with van der Waals surface area (Å²) < 4.78 is 7.63. The van der Waals surface area contributed by atoms with Gasteiger partial charge in [-0.05, 0) is 30.7 Å². The second kappa shape index (κ2) is 8.21. The van der Waals surface area contributed by atoms with Gasteiger partial charge in [0.05, 0.1) is 15.8 Å². The van der Waals surface area contributed by atoms with Crippen LogP contribution in [0, 0.1) is 6.92 Å². The highest BCUT2D eigenvalue weighted by Gasteiger charge is 2.14. The van der Waals surface area contributed by atoms with Gasteiger partial charge in [0.15, 0.2) is 0 Å². The maximum Gasteiger partial charge on any atom is 0.338 e. The zero-order chi connectivity index (χ0) is 18.6. The molecule has 0 fully saturated rings. The van der Waals surface area contributed by atoms with Crippen LogP contribution in [0.5, 0.6) is 0 Å². The molecule has 2 heterocycles. The van der Waals surface area contributed by atoms with Crippen LogP contribution >= 0.6 is 34.4 Å². The van der Waals surface area contributed by atoms with Crippen molar-refractivity contribution in [3.8, 4) is 0 Å². The number of thiazole rings is 2. The summed E-state index contributed by atoms with van der Waals surface area (Å²) in [6.45, 7) is 2.17. The third-order valence-electron chi connectivity index (χ3n) is 3.85. The molecule has 0 N–H and O–H groups in total. The van der Waals surface area contributed by atoms with E-state index >= 15 is 0 Å². The molecule has 0 unspecified atom stereocenters. The molecular weight excluding hydrogens is 396 g/mol. The van der Waals surface area contributed by atoms with Crippen LogP contribution in [0.15, 0.2) is 58.3 Å². The smallest absolute Gasteiger partial charge is 0.338 e. The third kappa shape index (κ3) is 4.37. The van der Waals surface area contributed by atoms with Gasteiger partial charge in [-0.25, -0.2) is 14.8 Å². The fourth-order valence-electron chi connectivity index (χ4n) is 2.57. The zero-order valence-corrected chi connectivity index (χ0v) is 17.0. The summed E-state index contributed by atoms with van der Waals surface area (Å²) in [5.41, 5.74) is 3.50. The third-order valence-corrected chi connectivity index (χ3v) is 7.05. The summed E-state index contributed by atoms with van der Waals surface area (Å²) in [5.74, 6) is 0.361. The standard InChI is InChI=1S/C20H16N2O2S3/c1-13-11-25-20(21-13)26-12-14-6-2-3-7-15(14)19(23)24-10-18-22-16-8-4-5-9-17(16)27-18/h2-9,11H,10,12H2,1H3. The molecule has 27 heavy (non-hydrogen) atoms. The number of carbonyl (C=O) groups is 1. The topological polar surface area (TPSA) is 52.1 Å². The molecule has 0 amide bonds. The summed E-state index contributed by atoms with van der Waals surface area (Å²) in [6, 6.07) is 15.5.